The molecule has 0 aliphatic heterocycles. The van der Waals surface area contributed by atoms with Crippen molar-refractivity contribution in [3.05, 3.63) is 24.0 Å². The van der Waals surface area contributed by atoms with E-state index in [9.17, 15) is 0 Å². The Morgan fingerprint density at radius 2 is 2.29 bits per heavy atom. The lowest BCUT2D eigenvalue weighted by molar-refractivity contribution is 0.450. The molecular weight excluding hydrogens is 174 g/mol. The fraction of sp³-hybridized carbons (Fsp3) is 0.636. The van der Waals surface area contributed by atoms with E-state index in [4.69, 9.17) is 5.73 Å². The van der Waals surface area contributed by atoms with Gasteiger partial charge in [0.15, 0.2) is 0 Å². The molecule has 0 aliphatic rings. The molecule has 1 atom stereocenters. The second-order valence-electron chi connectivity index (χ2n) is 4.58. The van der Waals surface area contributed by atoms with Crippen LogP contribution in [-0.4, -0.2) is 24.1 Å². The minimum absolute atomic E-state index is 0.137. The first-order valence-electron chi connectivity index (χ1n) is 5.12. The van der Waals surface area contributed by atoms with Gasteiger partial charge in [0.2, 0.25) is 0 Å². The second-order valence-corrected chi connectivity index (χ2v) is 4.58. The van der Waals surface area contributed by atoms with Crippen molar-refractivity contribution in [2.24, 2.45) is 5.73 Å². The molecule has 3 nitrogen and oxygen atoms in total. The van der Waals surface area contributed by atoms with Crippen LogP contribution in [-0.2, 0) is 5.41 Å². The molecule has 1 aromatic heterocycles. The molecule has 0 spiro atoms. The van der Waals surface area contributed by atoms with Crippen molar-refractivity contribution in [3.8, 4) is 0 Å². The van der Waals surface area contributed by atoms with Gasteiger partial charge in [-0.1, -0.05) is 13.8 Å². The summed E-state index contributed by atoms with van der Waals surface area (Å²) >= 11 is 0. The third-order valence-electron chi connectivity index (χ3n) is 2.36. The van der Waals surface area contributed by atoms with Crippen LogP contribution in [0.4, 0.5) is 0 Å². The minimum atomic E-state index is 0.137. The van der Waals surface area contributed by atoms with Gasteiger partial charge in [0.05, 0.1) is 0 Å². The van der Waals surface area contributed by atoms with Crippen molar-refractivity contribution in [2.75, 3.05) is 13.1 Å². The molecule has 0 fully saturated rings. The van der Waals surface area contributed by atoms with Gasteiger partial charge in [-0.3, -0.25) is 0 Å². The van der Waals surface area contributed by atoms with Crippen LogP contribution in [0.3, 0.4) is 0 Å². The van der Waals surface area contributed by atoms with Gasteiger partial charge in [-0.25, -0.2) is 0 Å². The van der Waals surface area contributed by atoms with Crippen LogP contribution in [0.2, 0.25) is 0 Å². The number of hydrogen-bond donors (Lipinski definition) is 3. The smallest absolute Gasteiger partial charge is 0.0217 e. The molecule has 0 amide bonds. The Labute approximate surface area is 86.1 Å². The predicted octanol–water partition coefficient (Wildman–Crippen LogP) is 1.23. The van der Waals surface area contributed by atoms with Crippen molar-refractivity contribution in [1.29, 1.82) is 0 Å². The van der Waals surface area contributed by atoms with E-state index in [2.05, 4.69) is 30.2 Å². The Morgan fingerprint density at radius 1 is 1.57 bits per heavy atom. The van der Waals surface area contributed by atoms with Gasteiger partial charge in [0, 0.05) is 36.4 Å². The summed E-state index contributed by atoms with van der Waals surface area (Å²) in [6.07, 6.45) is 1.96. The van der Waals surface area contributed by atoms with Crippen LogP contribution in [0.5, 0.6) is 0 Å². The maximum atomic E-state index is 5.67. The number of hydrogen-bond acceptors (Lipinski definition) is 2. The molecule has 80 valence electrons. The van der Waals surface area contributed by atoms with Gasteiger partial charge in [-0.15, -0.1) is 0 Å². The number of aromatic nitrogens is 1. The fourth-order valence-corrected chi connectivity index (χ4v) is 1.46. The highest BCUT2D eigenvalue weighted by Crippen LogP contribution is 2.19. The molecule has 0 bridgehead atoms. The van der Waals surface area contributed by atoms with E-state index in [0.717, 1.165) is 13.1 Å². The molecule has 14 heavy (non-hydrogen) atoms. The van der Waals surface area contributed by atoms with Crippen molar-refractivity contribution in [3.63, 3.8) is 0 Å². The Hall–Kier alpha value is -0.800. The molecule has 1 unspecified atom stereocenters. The van der Waals surface area contributed by atoms with Crippen molar-refractivity contribution in [2.45, 2.75) is 32.2 Å². The summed E-state index contributed by atoms with van der Waals surface area (Å²) in [5.41, 5.74) is 7.07. The van der Waals surface area contributed by atoms with Gasteiger partial charge < -0.3 is 16.0 Å². The summed E-state index contributed by atoms with van der Waals surface area (Å²) in [6, 6.07) is 4.37. The highest BCUT2D eigenvalue weighted by atomic mass is 14.9. The Bertz CT molecular complexity index is 250. The van der Waals surface area contributed by atoms with E-state index < -0.39 is 0 Å². The van der Waals surface area contributed by atoms with Gasteiger partial charge in [-0.05, 0) is 19.1 Å². The number of aromatic amines is 1. The minimum Gasteiger partial charge on any atom is -0.365 e. The Balaban J connectivity index is 2.42. The van der Waals surface area contributed by atoms with Crippen LogP contribution >= 0.6 is 0 Å². The molecule has 1 heterocycles. The lowest BCUT2D eigenvalue weighted by atomic mass is 9.89. The normalized spacial score (nSPS) is 14.3. The monoisotopic (exact) mass is 195 g/mol. The summed E-state index contributed by atoms with van der Waals surface area (Å²) in [6.45, 7) is 8.24. The second kappa shape index (κ2) is 4.62. The molecule has 0 saturated heterocycles. The van der Waals surface area contributed by atoms with Crippen LogP contribution in [0.15, 0.2) is 18.3 Å². The number of nitrogens with two attached hydrogens (primary N) is 1. The van der Waals surface area contributed by atoms with Gasteiger partial charge in [-0.2, -0.15) is 0 Å². The number of H-pyrrole nitrogens is 1. The topological polar surface area (TPSA) is 53.8 Å². The van der Waals surface area contributed by atoms with Crippen LogP contribution in [0, 0.1) is 0 Å². The van der Waals surface area contributed by atoms with E-state index in [1.165, 1.54) is 5.69 Å². The standard InChI is InChI=1S/C11H21N3/c1-9(12)7-13-8-11(2,3)10-5-4-6-14-10/h4-6,9,13-14H,7-8,12H2,1-3H3. The van der Waals surface area contributed by atoms with Crippen molar-refractivity contribution in [1.82, 2.24) is 10.3 Å². The average molecular weight is 195 g/mol. The largest absolute Gasteiger partial charge is 0.365 e. The van der Waals surface area contributed by atoms with Gasteiger partial charge >= 0.3 is 0 Å². The van der Waals surface area contributed by atoms with Crippen LogP contribution < -0.4 is 11.1 Å². The zero-order chi connectivity index (χ0) is 10.6. The van der Waals surface area contributed by atoms with E-state index in [1.807, 2.05) is 19.2 Å². The highest BCUT2D eigenvalue weighted by molar-refractivity contribution is 5.15. The van der Waals surface area contributed by atoms with E-state index in [-0.39, 0.29) is 11.5 Å². The highest BCUT2D eigenvalue weighted by Gasteiger charge is 2.20. The molecule has 0 aromatic carbocycles. The van der Waals surface area contributed by atoms with Crippen LogP contribution in [0.25, 0.3) is 0 Å². The van der Waals surface area contributed by atoms with Crippen LogP contribution in [0.1, 0.15) is 26.5 Å². The SMILES string of the molecule is CC(N)CNCC(C)(C)c1ccc[nH]1. The molecule has 3 heteroatoms. The molecule has 1 aromatic rings. The Morgan fingerprint density at radius 3 is 2.79 bits per heavy atom. The predicted molar refractivity (Wildman–Crippen MR) is 60.3 cm³/mol. The first-order chi connectivity index (χ1) is 6.52. The molecular formula is C11H21N3. The van der Waals surface area contributed by atoms with Crippen molar-refractivity contribution < 1.29 is 0 Å². The summed E-state index contributed by atoms with van der Waals surface area (Å²) in [7, 11) is 0. The zero-order valence-electron chi connectivity index (χ0n) is 9.30. The number of rotatable bonds is 5. The van der Waals surface area contributed by atoms with E-state index in [1.54, 1.807) is 0 Å². The first-order valence-corrected chi connectivity index (χ1v) is 5.12. The first kappa shape index (κ1) is 11.3. The maximum absolute atomic E-state index is 5.67. The maximum Gasteiger partial charge on any atom is 0.0217 e. The molecule has 0 saturated carbocycles. The number of nitrogens with one attached hydrogen (secondary N) is 2. The third kappa shape index (κ3) is 3.16. The van der Waals surface area contributed by atoms with E-state index >= 15 is 0 Å². The zero-order valence-corrected chi connectivity index (χ0v) is 9.30. The quantitative estimate of drug-likeness (QED) is 0.662. The lowest BCUT2D eigenvalue weighted by Crippen LogP contribution is -2.39. The van der Waals surface area contributed by atoms with Crippen molar-refractivity contribution >= 4 is 0 Å². The van der Waals surface area contributed by atoms with Gasteiger partial charge in [0.1, 0.15) is 0 Å². The fourth-order valence-electron chi connectivity index (χ4n) is 1.46. The molecule has 0 radical (unpaired) electrons. The summed E-state index contributed by atoms with van der Waals surface area (Å²) in [5, 5.41) is 3.37. The Kier molecular flexibility index (Phi) is 3.72. The lowest BCUT2D eigenvalue weighted by Gasteiger charge is -2.24. The summed E-state index contributed by atoms with van der Waals surface area (Å²) < 4.78 is 0. The molecule has 1 rings (SSSR count). The van der Waals surface area contributed by atoms with Gasteiger partial charge in [0.25, 0.3) is 0 Å². The van der Waals surface area contributed by atoms with E-state index in [0.29, 0.717) is 0 Å². The average Bonchev–Trinajstić information content (AvgIpc) is 2.54. The molecule has 4 N–H and O–H groups in total. The summed E-state index contributed by atoms with van der Waals surface area (Å²) in [5.74, 6) is 0. The summed E-state index contributed by atoms with van der Waals surface area (Å²) in [4.78, 5) is 3.24. The third-order valence-corrected chi connectivity index (χ3v) is 2.36. The molecule has 0 aliphatic carbocycles.